The molecule has 1 amide bonds. The normalized spacial score (nSPS) is 23.6. The first-order chi connectivity index (χ1) is 11.5. The van der Waals surface area contributed by atoms with Crippen molar-refractivity contribution in [2.45, 2.75) is 26.1 Å². The minimum absolute atomic E-state index is 0.102. The molecular formula is C18H18N4O2. The van der Waals surface area contributed by atoms with Gasteiger partial charge in [0.05, 0.1) is 30.1 Å². The van der Waals surface area contributed by atoms with Crippen LogP contribution in [0.5, 0.6) is 0 Å². The van der Waals surface area contributed by atoms with Crippen LogP contribution in [0, 0.1) is 22.7 Å². The number of amides is 1. The van der Waals surface area contributed by atoms with Crippen LogP contribution in [0.3, 0.4) is 0 Å². The number of carbonyl (C=O) groups excluding carboxylic acids is 1. The highest BCUT2D eigenvalue weighted by atomic mass is 16.5. The summed E-state index contributed by atoms with van der Waals surface area (Å²) in [5, 5.41) is 18.4. The molecule has 24 heavy (non-hydrogen) atoms. The van der Waals surface area contributed by atoms with Crippen molar-refractivity contribution >= 4 is 17.2 Å². The molecule has 0 unspecified atom stereocenters. The molecule has 122 valence electrons. The summed E-state index contributed by atoms with van der Waals surface area (Å²) in [4.78, 5) is 16.7. The van der Waals surface area contributed by atoms with Crippen molar-refractivity contribution in [3.63, 3.8) is 0 Å². The summed E-state index contributed by atoms with van der Waals surface area (Å²) in [5.41, 5.74) is 1.45. The Morgan fingerprint density at radius 1 is 1.21 bits per heavy atom. The zero-order valence-corrected chi connectivity index (χ0v) is 13.7. The van der Waals surface area contributed by atoms with Crippen molar-refractivity contribution in [3.05, 3.63) is 35.4 Å². The third kappa shape index (κ3) is 2.78. The van der Waals surface area contributed by atoms with Gasteiger partial charge in [0.15, 0.2) is 0 Å². The average molecular weight is 322 g/mol. The van der Waals surface area contributed by atoms with Crippen molar-refractivity contribution in [2.75, 3.05) is 24.7 Å². The van der Waals surface area contributed by atoms with E-state index in [4.69, 9.17) is 4.74 Å². The maximum absolute atomic E-state index is 12.9. The number of benzene rings is 1. The number of rotatable bonds is 2. The molecule has 0 aromatic heterocycles. The van der Waals surface area contributed by atoms with Crippen LogP contribution < -0.4 is 4.90 Å². The van der Waals surface area contributed by atoms with Gasteiger partial charge in [0.25, 0.3) is 5.91 Å². The lowest BCUT2D eigenvalue weighted by atomic mass is 10.0. The van der Waals surface area contributed by atoms with Crippen molar-refractivity contribution < 1.29 is 9.53 Å². The lowest BCUT2D eigenvalue weighted by Gasteiger charge is -2.37. The van der Waals surface area contributed by atoms with Gasteiger partial charge in [-0.15, -0.1) is 0 Å². The van der Waals surface area contributed by atoms with Gasteiger partial charge in [-0.25, -0.2) is 0 Å². The van der Waals surface area contributed by atoms with Crippen LogP contribution in [0.1, 0.15) is 19.4 Å². The van der Waals surface area contributed by atoms with E-state index in [1.807, 2.05) is 38.1 Å². The molecule has 1 aromatic rings. The second-order valence-corrected chi connectivity index (χ2v) is 6.16. The number of morpholine rings is 1. The van der Waals surface area contributed by atoms with E-state index in [0.29, 0.717) is 12.2 Å². The number of hydrogen-bond acceptors (Lipinski definition) is 5. The zero-order chi connectivity index (χ0) is 17.3. The van der Waals surface area contributed by atoms with Gasteiger partial charge in [-0.05, 0) is 19.9 Å². The molecule has 6 nitrogen and oxygen atoms in total. The standard InChI is InChI=1S/C18H18N4O2/c1-12-9-21(10-13(2)24-12)11-22-16-6-4-3-5-15(16)17(18(22)23)14(7-19)8-20/h3-6,12-13H,9-11H2,1-2H3/t12-,13-/m1/s1. The highest BCUT2D eigenvalue weighted by Crippen LogP contribution is 2.38. The number of ether oxygens (including phenoxy) is 1. The maximum atomic E-state index is 12.9. The fourth-order valence-electron chi connectivity index (χ4n) is 3.40. The molecule has 1 fully saturated rings. The first-order valence-corrected chi connectivity index (χ1v) is 7.88. The Kier molecular flexibility index (Phi) is 4.35. The monoisotopic (exact) mass is 322 g/mol. The van der Waals surface area contributed by atoms with Crippen LogP contribution in [0.4, 0.5) is 5.69 Å². The molecule has 0 radical (unpaired) electrons. The van der Waals surface area contributed by atoms with Crippen LogP contribution >= 0.6 is 0 Å². The van der Waals surface area contributed by atoms with E-state index < -0.39 is 0 Å². The van der Waals surface area contributed by atoms with Gasteiger partial charge in [-0.2, -0.15) is 10.5 Å². The Morgan fingerprint density at radius 2 is 1.83 bits per heavy atom. The molecule has 2 heterocycles. The topological polar surface area (TPSA) is 80.4 Å². The Morgan fingerprint density at radius 3 is 2.46 bits per heavy atom. The van der Waals surface area contributed by atoms with Crippen LogP contribution in [0.25, 0.3) is 5.57 Å². The number of nitriles is 2. The average Bonchev–Trinajstić information content (AvgIpc) is 2.81. The van der Waals surface area contributed by atoms with Gasteiger partial charge in [0, 0.05) is 18.7 Å². The summed E-state index contributed by atoms with van der Waals surface area (Å²) >= 11 is 0. The SMILES string of the molecule is C[C@@H]1CN(CN2C(=O)C(=C(C#N)C#N)c3ccccc32)C[C@@H](C)O1. The van der Waals surface area contributed by atoms with E-state index >= 15 is 0 Å². The Bertz CT molecular complexity index is 761. The fraction of sp³-hybridized carbons (Fsp3) is 0.389. The van der Waals surface area contributed by atoms with Gasteiger partial charge < -0.3 is 4.74 Å². The predicted molar refractivity (Wildman–Crippen MR) is 88.5 cm³/mol. The first kappa shape index (κ1) is 16.2. The number of para-hydroxylation sites is 1. The number of allylic oxidation sites excluding steroid dienone is 1. The summed E-state index contributed by atoms with van der Waals surface area (Å²) < 4.78 is 5.73. The number of carbonyl (C=O) groups is 1. The number of fused-ring (bicyclic) bond motifs is 1. The zero-order valence-electron chi connectivity index (χ0n) is 13.7. The van der Waals surface area contributed by atoms with E-state index in [0.717, 1.165) is 18.8 Å². The molecule has 1 aromatic carbocycles. The third-order valence-electron chi connectivity index (χ3n) is 4.23. The highest BCUT2D eigenvalue weighted by Gasteiger charge is 2.36. The Hall–Kier alpha value is -2.67. The van der Waals surface area contributed by atoms with Crippen LogP contribution in [-0.2, 0) is 9.53 Å². The van der Waals surface area contributed by atoms with Crippen LogP contribution in [0.15, 0.2) is 29.8 Å². The minimum Gasteiger partial charge on any atom is -0.373 e. The van der Waals surface area contributed by atoms with Gasteiger partial charge >= 0.3 is 0 Å². The first-order valence-electron chi connectivity index (χ1n) is 7.88. The summed E-state index contributed by atoms with van der Waals surface area (Å²) in [6.45, 7) is 5.91. The van der Waals surface area contributed by atoms with E-state index in [-0.39, 0.29) is 29.3 Å². The summed E-state index contributed by atoms with van der Waals surface area (Å²) in [5.74, 6) is -0.291. The van der Waals surface area contributed by atoms with E-state index in [1.165, 1.54) is 0 Å². The number of nitrogens with zero attached hydrogens (tertiary/aromatic N) is 4. The molecule has 6 heteroatoms. The van der Waals surface area contributed by atoms with Crippen molar-refractivity contribution in [3.8, 4) is 12.1 Å². The highest BCUT2D eigenvalue weighted by molar-refractivity contribution is 6.34. The predicted octanol–water partition coefficient (Wildman–Crippen LogP) is 1.90. The van der Waals surface area contributed by atoms with E-state index in [9.17, 15) is 15.3 Å². The van der Waals surface area contributed by atoms with E-state index in [1.54, 1.807) is 17.0 Å². The Labute approximate surface area is 141 Å². The molecule has 0 saturated carbocycles. The smallest absolute Gasteiger partial charge is 0.262 e. The van der Waals surface area contributed by atoms with Gasteiger partial charge in [0.2, 0.25) is 0 Å². The van der Waals surface area contributed by atoms with Crippen LogP contribution in [-0.4, -0.2) is 42.8 Å². The molecule has 1 saturated heterocycles. The molecule has 0 aliphatic carbocycles. The maximum Gasteiger partial charge on any atom is 0.262 e. The van der Waals surface area contributed by atoms with Gasteiger partial charge in [-0.3, -0.25) is 14.6 Å². The summed E-state index contributed by atoms with van der Waals surface area (Å²) in [6, 6.07) is 11.0. The van der Waals surface area contributed by atoms with Crippen molar-refractivity contribution in [2.24, 2.45) is 0 Å². The molecule has 0 bridgehead atoms. The number of anilines is 1. The number of hydrogen-bond donors (Lipinski definition) is 0. The fourth-order valence-corrected chi connectivity index (χ4v) is 3.40. The Balaban J connectivity index is 1.96. The third-order valence-corrected chi connectivity index (χ3v) is 4.23. The molecule has 2 atom stereocenters. The second-order valence-electron chi connectivity index (χ2n) is 6.16. The van der Waals surface area contributed by atoms with Crippen molar-refractivity contribution in [1.29, 1.82) is 10.5 Å². The molecule has 0 N–H and O–H groups in total. The molecule has 2 aliphatic rings. The minimum atomic E-state index is -0.291. The van der Waals surface area contributed by atoms with E-state index in [2.05, 4.69) is 4.90 Å². The van der Waals surface area contributed by atoms with Gasteiger partial charge in [-0.1, -0.05) is 18.2 Å². The quantitative estimate of drug-likeness (QED) is 0.613. The van der Waals surface area contributed by atoms with Crippen LogP contribution in [0.2, 0.25) is 0 Å². The van der Waals surface area contributed by atoms with Crippen molar-refractivity contribution in [1.82, 2.24) is 4.90 Å². The molecular weight excluding hydrogens is 304 g/mol. The second kappa shape index (κ2) is 6.45. The summed E-state index contributed by atoms with van der Waals surface area (Å²) in [7, 11) is 0. The lowest BCUT2D eigenvalue weighted by Crippen LogP contribution is -2.50. The lowest BCUT2D eigenvalue weighted by molar-refractivity contribution is -0.114. The largest absolute Gasteiger partial charge is 0.373 e. The molecule has 2 aliphatic heterocycles. The molecule has 0 spiro atoms. The molecule has 3 rings (SSSR count). The van der Waals surface area contributed by atoms with Gasteiger partial charge in [0.1, 0.15) is 17.7 Å². The summed E-state index contributed by atoms with van der Waals surface area (Å²) in [6.07, 6.45) is 0.205.